The third kappa shape index (κ3) is 3.12. The standard InChI is InChI=1S/C20H17N5O4/c1-23(2)17(26)13-5-3-12(4-6-13)10-24-18(27)15-9-14(19(28)29)7-8-16(15)25-11-21-22-20(24)25/h3-9,11H,10H2,1-2H3,(H,28,29). The highest BCUT2D eigenvalue weighted by atomic mass is 16.4. The van der Waals surface area contributed by atoms with Crippen molar-refractivity contribution >= 4 is 28.6 Å². The van der Waals surface area contributed by atoms with Gasteiger partial charge in [0, 0.05) is 19.7 Å². The Labute approximate surface area is 164 Å². The van der Waals surface area contributed by atoms with Crippen molar-refractivity contribution in [2.75, 3.05) is 14.1 Å². The van der Waals surface area contributed by atoms with E-state index in [-0.39, 0.29) is 29.0 Å². The second-order valence-electron chi connectivity index (χ2n) is 6.83. The first-order valence-corrected chi connectivity index (χ1v) is 8.77. The number of benzene rings is 2. The Morgan fingerprint density at radius 3 is 2.41 bits per heavy atom. The summed E-state index contributed by atoms with van der Waals surface area (Å²) < 4.78 is 3.08. The van der Waals surface area contributed by atoms with E-state index in [0.717, 1.165) is 5.56 Å². The van der Waals surface area contributed by atoms with E-state index in [9.17, 15) is 19.5 Å². The van der Waals surface area contributed by atoms with Crippen molar-refractivity contribution in [2.45, 2.75) is 6.54 Å². The first kappa shape index (κ1) is 18.4. The average Bonchev–Trinajstić information content (AvgIpc) is 3.20. The summed E-state index contributed by atoms with van der Waals surface area (Å²) in [5.41, 5.74) is 1.53. The largest absolute Gasteiger partial charge is 0.478 e. The molecule has 1 N–H and O–H groups in total. The van der Waals surface area contributed by atoms with Gasteiger partial charge in [-0.15, -0.1) is 10.2 Å². The lowest BCUT2D eigenvalue weighted by Crippen LogP contribution is -2.24. The number of carbonyl (C=O) groups excluding carboxylic acids is 1. The van der Waals surface area contributed by atoms with Gasteiger partial charge >= 0.3 is 5.97 Å². The van der Waals surface area contributed by atoms with Crippen LogP contribution in [0.5, 0.6) is 0 Å². The minimum absolute atomic E-state index is 0.0279. The Bertz CT molecular complexity index is 1320. The van der Waals surface area contributed by atoms with E-state index in [0.29, 0.717) is 16.9 Å². The lowest BCUT2D eigenvalue weighted by atomic mass is 10.1. The molecule has 0 bridgehead atoms. The zero-order valence-corrected chi connectivity index (χ0v) is 15.7. The van der Waals surface area contributed by atoms with Gasteiger partial charge in [0.15, 0.2) is 0 Å². The fraction of sp³-hybridized carbons (Fsp3) is 0.150. The van der Waals surface area contributed by atoms with E-state index in [1.807, 2.05) is 0 Å². The van der Waals surface area contributed by atoms with E-state index in [1.165, 1.54) is 27.9 Å². The zero-order valence-electron chi connectivity index (χ0n) is 15.7. The minimum Gasteiger partial charge on any atom is -0.478 e. The van der Waals surface area contributed by atoms with E-state index in [1.54, 1.807) is 48.8 Å². The molecule has 0 aliphatic heterocycles. The molecule has 2 aromatic carbocycles. The number of carboxylic acids is 1. The fourth-order valence-corrected chi connectivity index (χ4v) is 3.21. The fourth-order valence-electron chi connectivity index (χ4n) is 3.21. The van der Waals surface area contributed by atoms with E-state index in [2.05, 4.69) is 10.2 Å². The number of aromatic nitrogens is 4. The summed E-state index contributed by atoms with van der Waals surface area (Å²) in [5, 5.41) is 17.5. The van der Waals surface area contributed by atoms with Crippen molar-refractivity contribution in [3.63, 3.8) is 0 Å². The number of rotatable bonds is 4. The number of hydrogen-bond acceptors (Lipinski definition) is 5. The third-order valence-electron chi connectivity index (χ3n) is 4.70. The zero-order chi connectivity index (χ0) is 20.7. The van der Waals surface area contributed by atoms with Gasteiger partial charge in [0.1, 0.15) is 6.33 Å². The number of aromatic carboxylic acids is 1. The van der Waals surface area contributed by atoms with Gasteiger partial charge in [-0.1, -0.05) is 12.1 Å². The van der Waals surface area contributed by atoms with Crippen molar-refractivity contribution < 1.29 is 14.7 Å². The molecule has 29 heavy (non-hydrogen) atoms. The molecule has 0 atom stereocenters. The summed E-state index contributed by atoms with van der Waals surface area (Å²) in [7, 11) is 3.36. The Morgan fingerprint density at radius 2 is 1.76 bits per heavy atom. The van der Waals surface area contributed by atoms with Crippen LogP contribution in [-0.2, 0) is 6.54 Å². The summed E-state index contributed by atoms with van der Waals surface area (Å²) in [6.45, 7) is 0.199. The quantitative estimate of drug-likeness (QED) is 0.564. The number of amides is 1. The molecule has 0 aliphatic carbocycles. The highest BCUT2D eigenvalue weighted by Crippen LogP contribution is 2.16. The van der Waals surface area contributed by atoms with Crippen molar-refractivity contribution in [3.05, 3.63) is 75.8 Å². The lowest BCUT2D eigenvalue weighted by Gasteiger charge is -2.12. The third-order valence-corrected chi connectivity index (χ3v) is 4.70. The molecule has 9 nitrogen and oxygen atoms in total. The van der Waals surface area contributed by atoms with Gasteiger partial charge in [0.05, 0.1) is 23.0 Å². The molecule has 0 spiro atoms. The molecular formula is C20H17N5O4. The molecule has 4 rings (SSSR count). The summed E-state index contributed by atoms with van der Waals surface area (Å²) in [5.74, 6) is -0.873. The van der Waals surface area contributed by atoms with Crippen LogP contribution in [0.2, 0.25) is 0 Å². The maximum Gasteiger partial charge on any atom is 0.335 e. The van der Waals surface area contributed by atoms with Gasteiger partial charge in [-0.3, -0.25) is 18.6 Å². The van der Waals surface area contributed by atoms with Gasteiger partial charge in [0.2, 0.25) is 5.78 Å². The summed E-state index contributed by atoms with van der Waals surface area (Å²) in [4.78, 5) is 38.0. The molecule has 0 fully saturated rings. The van der Waals surface area contributed by atoms with Crippen LogP contribution in [0.4, 0.5) is 0 Å². The van der Waals surface area contributed by atoms with Crippen LogP contribution >= 0.6 is 0 Å². The van der Waals surface area contributed by atoms with Crippen LogP contribution in [0.15, 0.2) is 53.6 Å². The molecule has 0 aliphatic rings. The van der Waals surface area contributed by atoms with Gasteiger partial charge in [-0.05, 0) is 35.9 Å². The van der Waals surface area contributed by atoms with Crippen LogP contribution < -0.4 is 5.56 Å². The Kier molecular flexibility index (Phi) is 4.34. The van der Waals surface area contributed by atoms with Crippen LogP contribution in [0.3, 0.4) is 0 Å². The van der Waals surface area contributed by atoms with Crippen LogP contribution in [0.25, 0.3) is 16.7 Å². The average molecular weight is 391 g/mol. The highest BCUT2D eigenvalue weighted by molar-refractivity contribution is 5.94. The highest BCUT2D eigenvalue weighted by Gasteiger charge is 2.15. The molecule has 0 unspecified atom stereocenters. The number of nitrogens with zero attached hydrogens (tertiary/aromatic N) is 5. The predicted octanol–water partition coefficient (Wildman–Crippen LogP) is 1.49. The topological polar surface area (TPSA) is 110 Å². The van der Waals surface area contributed by atoms with E-state index < -0.39 is 5.97 Å². The van der Waals surface area contributed by atoms with Crippen molar-refractivity contribution in [3.8, 4) is 0 Å². The monoisotopic (exact) mass is 391 g/mol. The molecule has 0 radical (unpaired) electrons. The molecule has 4 aromatic rings. The number of fused-ring (bicyclic) bond motifs is 3. The van der Waals surface area contributed by atoms with Gasteiger partial charge < -0.3 is 10.0 Å². The number of carboxylic acid groups (broad SMARTS) is 1. The molecule has 0 saturated carbocycles. The Morgan fingerprint density at radius 1 is 1.07 bits per heavy atom. The van der Waals surface area contributed by atoms with Crippen LogP contribution in [-0.4, -0.2) is 55.1 Å². The maximum atomic E-state index is 13.1. The molecular weight excluding hydrogens is 374 g/mol. The SMILES string of the molecule is CN(C)C(=O)c1ccc(Cn2c(=O)c3cc(C(=O)O)ccc3n3cnnc23)cc1. The Balaban J connectivity index is 1.83. The molecule has 146 valence electrons. The van der Waals surface area contributed by atoms with E-state index >= 15 is 0 Å². The molecule has 1 amide bonds. The predicted molar refractivity (Wildman–Crippen MR) is 105 cm³/mol. The smallest absolute Gasteiger partial charge is 0.335 e. The molecule has 2 heterocycles. The summed E-state index contributed by atoms with van der Waals surface area (Å²) in [6.07, 6.45) is 1.48. The summed E-state index contributed by atoms with van der Waals surface area (Å²) in [6, 6.07) is 11.3. The molecule has 2 aromatic heterocycles. The second-order valence-corrected chi connectivity index (χ2v) is 6.83. The van der Waals surface area contributed by atoms with Crippen LogP contribution in [0.1, 0.15) is 26.3 Å². The van der Waals surface area contributed by atoms with Crippen molar-refractivity contribution in [1.29, 1.82) is 0 Å². The molecule has 9 heteroatoms. The number of hydrogen-bond donors (Lipinski definition) is 1. The first-order chi connectivity index (χ1) is 13.9. The van der Waals surface area contributed by atoms with Gasteiger partial charge in [0.25, 0.3) is 11.5 Å². The maximum absolute atomic E-state index is 13.1. The minimum atomic E-state index is -1.11. The van der Waals surface area contributed by atoms with Crippen molar-refractivity contribution in [2.24, 2.45) is 0 Å². The van der Waals surface area contributed by atoms with Crippen molar-refractivity contribution in [1.82, 2.24) is 24.1 Å². The van der Waals surface area contributed by atoms with E-state index in [4.69, 9.17) is 0 Å². The number of carbonyl (C=O) groups is 2. The summed E-state index contributed by atoms with van der Waals surface area (Å²) >= 11 is 0. The first-order valence-electron chi connectivity index (χ1n) is 8.77. The lowest BCUT2D eigenvalue weighted by molar-refractivity contribution is 0.0696. The Hall–Kier alpha value is -4.01. The van der Waals surface area contributed by atoms with Crippen LogP contribution in [0, 0.1) is 0 Å². The van der Waals surface area contributed by atoms with Gasteiger partial charge in [-0.25, -0.2) is 4.79 Å². The second kappa shape index (κ2) is 6.86. The normalized spacial score (nSPS) is 11.1. The van der Waals surface area contributed by atoms with Gasteiger partial charge in [-0.2, -0.15) is 0 Å². The molecule has 0 saturated heterocycles.